The van der Waals surface area contributed by atoms with Gasteiger partial charge in [-0.05, 0) is 11.8 Å². The Kier molecular flexibility index (Phi) is 10.6. The highest BCUT2D eigenvalue weighted by Gasteiger charge is 2.17. The molecule has 1 saturated heterocycles. The second-order valence-electron chi connectivity index (χ2n) is 7.67. The summed E-state index contributed by atoms with van der Waals surface area (Å²) in [6.07, 6.45) is 2.11. The van der Waals surface area contributed by atoms with Crippen LogP contribution in [-0.2, 0) is 18.3 Å². The first-order chi connectivity index (χ1) is 12.4. The summed E-state index contributed by atoms with van der Waals surface area (Å²) in [5, 5.41) is 8.13. The standard InChI is InChI=1S/C19H36N6O.HI/c1-15(2)18-17(14-24(6)22-18)13-23(5)19(20-4)21-11-16(3)12-25-7-9-26-10-8-25;/h14-16H,7-13H2,1-6H3,(H,20,21);1H. The number of aliphatic imine (C=N–C) groups is 1. The first-order valence-corrected chi connectivity index (χ1v) is 9.65. The van der Waals surface area contributed by atoms with Gasteiger partial charge in [0.2, 0.25) is 0 Å². The SMILES string of the molecule is CN=C(NCC(C)CN1CCOCC1)N(C)Cc1cn(C)nc1C(C)C.I. The fourth-order valence-electron chi connectivity index (χ4n) is 3.43. The number of guanidine groups is 1. The van der Waals surface area contributed by atoms with Crippen LogP contribution in [-0.4, -0.2) is 79.0 Å². The minimum atomic E-state index is 0. The minimum absolute atomic E-state index is 0. The van der Waals surface area contributed by atoms with Crippen LogP contribution in [0.15, 0.2) is 11.2 Å². The van der Waals surface area contributed by atoms with Gasteiger partial charge in [-0.3, -0.25) is 14.6 Å². The largest absolute Gasteiger partial charge is 0.379 e. The first kappa shape index (κ1) is 24.2. The number of nitrogens with one attached hydrogen (secondary N) is 1. The van der Waals surface area contributed by atoms with Crippen LogP contribution < -0.4 is 5.32 Å². The topological polar surface area (TPSA) is 57.9 Å². The molecule has 0 saturated carbocycles. The molecule has 0 bridgehead atoms. The van der Waals surface area contributed by atoms with E-state index >= 15 is 0 Å². The Balaban J connectivity index is 0.00000364. The minimum Gasteiger partial charge on any atom is -0.379 e. The smallest absolute Gasteiger partial charge is 0.193 e. The zero-order valence-corrected chi connectivity index (χ0v) is 20.1. The van der Waals surface area contributed by atoms with Crippen molar-refractivity contribution in [3.63, 3.8) is 0 Å². The van der Waals surface area contributed by atoms with Crippen LogP contribution in [0, 0.1) is 5.92 Å². The number of halogens is 1. The molecule has 1 aliphatic rings. The van der Waals surface area contributed by atoms with E-state index in [2.05, 4.69) is 59.2 Å². The van der Waals surface area contributed by atoms with Crippen molar-refractivity contribution in [1.82, 2.24) is 24.9 Å². The Bertz CT molecular complexity index is 583. The number of morpholine rings is 1. The van der Waals surface area contributed by atoms with Gasteiger partial charge in [0.1, 0.15) is 0 Å². The maximum Gasteiger partial charge on any atom is 0.193 e. The number of nitrogens with zero attached hydrogens (tertiary/aromatic N) is 5. The monoisotopic (exact) mass is 492 g/mol. The van der Waals surface area contributed by atoms with E-state index in [9.17, 15) is 0 Å². The molecule has 1 fully saturated rings. The van der Waals surface area contributed by atoms with E-state index in [0.29, 0.717) is 11.8 Å². The number of ether oxygens (including phenoxy) is 1. The van der Waals surface area contributed by atoms with E-state index < -0.39 is 0 Å². The fraction of sp³-hybridized carbons (Fsp3) is 0.789. The normalized spacial score (nSPS) is 16.9. The average Bonchev–Trinajstić information content (AvgIpc) is 2.97. The van der Waals surface area contributed by atoms with E-state index in [1.807, 2.05) is 18.8 Å². The van der Waals surface area contributed by atoms with Crippen molar-refractivity contribution in [3.8, 4) is 0 Å². The second kappa shape index (κ2) is 11.9. The van der Waals surface area contributed by atoms with Gasteiger partial charge in [0.15, 0.2) is 5.96 Å². The molecule has 2 rings (SSSR count). The highest BCUT2D eigenvalue weighted by atomic mass is 127. The molecular weight excluding hydrogens is 455 g/mol. The van der Waals surface area contributed by atoms with Gasteiger partial charge >= 0.3 is 0 Å². The molecule has 0 amide bonds. The lowest BCUT2D eigenvalue weighted by atomic mass is 10.1. The Morgan fingerprint density at radius 1 is 1.33 bits per heavy atom. The van der Waals surface area contributed by atoms with Crippen molar-refractivity contribution in [1.29, 1.82) is 0 Å². The Labute approximate surface area is 181 Å². The summed E-state index contributed by atoms with van der Waals surface area (Å²) in [6, 6.07) is 0. The van der Waals surface area contributed by atoms with E-state index in [1.165, 1.54) is 5.56 Å². The Morgan fingerprint density at radius 2 is 2.00 bits per heavy atom. The van der Waals surface area contributed by atoms with Gasteiger partial charge in [0.05, 0.1) is 18.9 Å². The van der Waals surface area contributed by atoms with Gasteiger partial charge in [0.25, 0.3) is 0 Å². The number of rotatable bonds is 7. The molecule has 0 radical (unpaired) electrons. The van der Waals surface area contributed by atoms with Crippen LogP contribution in [0.4, 0.5) is 0 Å². The highest BCUT2D eigenvalue weighted by Crippen LogP contribution is 2.18. The van der Waals surface area contributed by atoms with Crippen LogP contribution in [0.5, 0.6) is 0 Å². The lowest BCUT2D eigenvalue weighted by Gasteiger charge is -2.30. The Morgan fingerprint density at radius 3 is 2.59 bits per heavy atom. The van der Waals surface area contributed by atoms with E-state index in [1.54, 1.807) is 0 Å². The van der Waals surface area contributed by atoms with Crippen molar-refractivity contribution in [2.75, 3.05) is 53.5 Å². The maximum absolute atomic E-state index is 5.42. The summed E-state index contributed by atoms with van der Waals surface area (Å²) in [4.78, 5) is 9.10. The third kappa shape index (κ3) is 7.57. The van der Waals surface area contributed by atoms with Gasteiger partial charge in [-0.15, -0.1) is 24.0 Å². The molecule has 27 heavy (non-hydrogen) atoms. The van der Waals surface area contributed by atoms with Crippen LogP contribution >= 0.6 is 24.0 Å². The van der Waals surface area contributed by atoms with Crippen LogP contribution in [0.3, 0.4) is 0 Å². The molecular formula is C19H37IN6O. The lowest BCUT2D eigenvalue weighted by Crippen LogP contribution is -2.44. The predicted molar refractivity (Wildman–Crippen MR) is 122 cm³/mol. The van der Waals surface area contributed by atoms with Gasteiger partial charge in [-0.1, -0.05) is 20.8 Å². The van der Waals surface area contributed by atoms with Crippen molar-refractivity contribution in [3.05, 3.63) is 17.5 Å². The predicted octanol–water partition coefficient (Wildman–Crippen LogP) is 2.14. The number of hydrogen-bond donors (Lipinski definition) is 1. The first-order valence-electron chi connectivity index (χ1n) is 9.65. The van der Waals surface area contributed by atoms with Crippen molar-refractivity contribution >= 4 is 29.9 Å². The molecule has 8 heteroatoms. The summed E-state index contributed by atoms with van der Waals surface area (Å²) in [5.74, 6) is 1.91. The third-order valence-electron chi connectivity index (χ3n) is 4.75. The lowest BCUT2D eigenvalue weighted by molar-refractivity contribution is 0.0320. The quantitative estimate of drug-likeness (QED) is 0.359. The molecule has 0 aliphatic carbocycles. The van der Waals surface area contributed by atoms with Gasteiger partial charge in [-0.2, -0.15) is 5.10 Å². The molecule has 0 aromatic carbocycles. The molecule has 0 spiro atoms. The Hall–Kier alpha value is -0.870. The van der Waals surface area contributed by atoms with Crippen molar-refractivity contribution in [2.24, 2.45) is 18.0 Å². The van der Waals surface area contributed by atoms with Crippen molar-refractivity contribution < 1.29 is 4.74 Å². The van der Waals surface area contributed by atoms with E-state index in [-0.39, 0.29) is 24.0 Å². The molecule has 7 nitrogen and oxygen atoms in total. The highest BCUT2D eigenvalue weighted by molar-refractivity contribution is 14.0. The molecule has 156 valence electrons. The van der Waals surface area contributed by atoms with E-state index in [0.717, 1.165) is 57.6 Å². The maximum atomic E-state index is 5.42. The summed E-state index contributed by atoms with van der Waals surface area (Å²) in [7, 11) is 5.91. The fourth-order valence-corrected chi connectivity index (χ4v) is 3.43. The molecule has 1 aromatic rings. The molecule has 2 heterocycles. The van der Waals surface area contributed by atoms with Gasteiger partial charge in [0, 0.05) is 65.6 Å². The molecule has 1 unspecified atom stereocenters. The third-order valence-corrected chi connectivity index (χ3v) is 4.75. The number of hydrogen-bond acceptors (Lipinski definition) is 4. The van der Waals surface area contributed by atoms with Gasteiger partial charge in [-0.25, -0.2) is 0 Å². The average molecular weight is 492 g/mol. The molecule has 1 atom stereocenters. The van der Waals surface area contributed by atoms with Crippen LogP contribution in [0.25, 0.3) is 0 Å². The second-order valence-corrected chi connectivity index (χ2v) is 7.67. The zero-order valence-electron chi connectivity index (χ0n) is 17.7. The van der Waals surface area contributed by atoms with Gasteiger partial charge < -0.3 is 15.0 Å². The number of aryl methyl sites for hydroxylation is 1. The van der Waals surface area contributed by atoms with Crippen LogP contribution in [0.2, 0.25) is 0 Å². The summed E-state index contributed by atoms with van der Waals surface area (Å²) in [6.45, 7) is 13.3. The zero-order chi connectivity index (χ0) is 19.1. The molecule has 1 aromatic heterocycles. The summed E-state index contributed by atoms with van der Waals surface area (Å²) < 4.78 is 7.32. The summed E-state index contributed by atoms with van der Waals surface area (Å²) in [5.41, 5.74) is 2.42. The van der Waals surface area contributed by atoms with Crippen molar-refractivity contribution in [2.45, 2.75) is 33.2 Å². The van der Waals surface area contributed by atoms with E-state index in [4.69, 9.17) is 4.74 Å². The molecule has 1 N–H and O–H groups in total. The summed E-state index contributed by atoms with van der Waals surface area (Å²) >= 11 is 0. The van der Waals surface area contributed by atoms with Crippen LogP contribution in [0.1, 0.15) is 37.9 Å². The number of aromatic nitrogens is 2. The molecule has 1 aliphatic heterocycles.